The number of anilines is 3. The van der Waals surface area contributed by atoms with Crippen molar-refractivity contribution >= 4 is 60.9 Å². The molecule has 10 aromatic carbocycles. The van der Waals surface area contributed by atoms with Gasteiger partial charge in [0.1, 0.15) is 22.3 Å². The Labute approximate surface area is 369 Å². The third kappa shape index (κ3) is 4.81. The van der Waals surface area contributed by atoms with Crippen molar-refractivity contribution in [3.63, 3.8) is 0 Å². The Hall–Kier alpha value is -8.40. The van der Waals surface area contributed by atoms with Crippen molar-refractivity contribution in [1.82, 2.24) is 0 Å². The van der Waals surface area contributed by atoms with Crippen LogP contribution in [0, 0.1) is 0 Å². The van der Waals surface area contributed by atoms with E-state index in [1.54, 1.807) is 0 Å². The summed E-state index contributed by atoms with van der Waals surface area (Å²) in [5.41, 5.74) is 20.5. The van der Waals surface area contributed by atoms with Crippen molar-refractivity contribution in [3.8, 4) is 44.5 Å². The predicted octanol–water partition coefficient (Wildman–Crippen LogP) is 16.6. The maximum Gasteiger partial charge on any atom is 0.137 e. The molecule has 298 valence electrons. The number of fused-ring (bicyclic) bond motifs is 18. The Morgan fingerprint density at radius 2 is 0.766 bits per heavy atom. The lowest BCUT2D eigenvalue weighted by Crippen LogP contribution is -2.29. The van der Waals surface area contributed by atoms with Crippen LogP contribution < -0.4 is 4.90 Å². The van der Waals surface area contributed by atoms with Gasteiger partial charge in [0.15, 0.2) is 0 Å². The van der Waals surface area contributed by atoms with Gasteiger partial charge in [-0.2, -0.15) is 0 Å². The quantitative estimate of drug-likeness (QED) is 0.177. The van der Waals surface area contributed by atoms with Gasteiger partial charge in [-0.25, -0.2) is 0 Å². The van der Waals surface area contributed by atoms with Crippen LogP contribution in [0.25, 0.3) is 88.4 Å². The van der Waals surface area contributed by atoms with E-state index < -0.39 is 5.41 Å². The van der Waals surface area contributed by atoms with E-state index in [4.69, 9.17) is 8.83 Å². The van der Waals surface area contributed by atoms with Crippen LogP contribution in [0.15, 0.2) is 233 Å². The predicted molar refractivity (Wildman–Crippen MR) is 263 cm³/mol. The van der Waals surface area contributed by atoms with Gasteiger partial charge in [0.25, 0.3) is 0 Å². The molecule has 0 saturated carbocycles. The summed E-state index contributed by atoms with van der Waals surface area (Å²) in [7, 11) is 0. The minimum Gasteiger partial charge on any atom is -0.456 e. The van der Waals surface area contributed by atoms with Gasteiger partial charge in [0, 0.05) is 44.5 Å². The molecule has 0 bridgehead atoms. The van der Waals surface area contributed by atoms with Gasteiger partial charge in [-0.15, -0.1) is 0 Å². The maximum atomic E-state index is 6.75. The Morgan fingerprint density at radius 3 is 1.48 bits per heavy atom. The third-order valence-electron chi connectivity index (χ3n) is 13.9. The average molecular weight is 816 g/mol. The summed E-state index contributed by atoms with van der Waals surface area (Å²) in [4.78, 5) is 2.43. The van der Waals surface area contributed by atoms with E-state index in [9.17, 15) is 0 Å². The van der Waals surface area contributed by atoms with E-state index in [0.717, 1.165) is 72.1 Å². The third-order valence-corrected chi connectivity index (χ3v) is 13.9. The first-order chi connectivity index (χ1) is 31.7. The highest BCUT2D eigenvalue weighted by molar-refractivity contribution is 6.10. The van der Waals surface area contributed by atoms with E-state index >= 15 is 0 Å². The highest BCUT2D eigenvalue weighted by Gasteiger charge is 2.50. The summed E-state index contributed by atoms with van der Waals surface area (Å²) in [5.74, 6) is 0. The summed E-state index contributed by atoms with van der Waals surface area (Å²) < 4.78 is 13.3. The van der Waals surface area contributed by atoms with Crippen LogP contribution in [-0.2, 0) is 5.41 Å². The van der Waals surface area contributed by atoms with Crippen molar-refractivity contribution in [3.05, 3.63) is 247 Å². The molecular weight excluding hydrogens is 779 g/mol. The Morgan fingerprint density at radius 1 is 0.281 bits per heavy atom. The van der Waals surface area contributed by atoms with Crippen molar-refractivity contribution < 1.29 is 8.83 Å². The van der Waals surface area contributed by atoms with Gasteiger partial charge in [0.05, 0.1) is 11.1 Å². The first-order valence-corrected chi connectivity index (χ1v) is 22.0. The number of hydrogen-bond donors (Lipinski definition) is 0. The van der Waals surface area contributed by atoms with Crippen LogP contribution in [0.5, 0.6) is 0 Å². The van der Waals surface area contributed by atoms with Gasteiger partial charge in [-0.05, 0) is 116 Å². The zero-order chi connectivity index (χ0) is 41.9. The number of furan rings is 2. The van der Waals surface area contributed by atoms with Crippen molar-refractivity contribution in [2.45, 2.75) is 5.41 Å². The lowest BCUT2D eigenvalue weighted by atomic mass is 9.65. The lowest BCUT2D eigenvalue weighted by Gasteiger charge is -2.36. The van der Waals surface area contributed by atoms with Crippen molar-refractivity contribution in [2.24, 2.45) is 0 Å². The molecule has 1 atom stereocenters. The van der Waals surface area contributed by atoms with Crippen LogP contribution in [-0.4, -0.2) is 0 Å². The highest BCUT2D eigenvalue weighted by Crippen LogP contribution is 2.63. The molecule has 3 nitrogen and oxygen atoms in total. The normalized spacial score (nSPS) is 14.6. The van der Waals surface area contributed by atoms with Crippen LogP contribution in [0.3, 0.4) is 0 Å². The molecule has 1 unspecified atom stereocenters. The molecule has 0 amide bonds. The number of hydrogen-bond acceptors (Lipinski definition) is 3. The fourth-order valence-electron chi connectivity index (χ4n) is 11.2. The summed E-state index contributed by atoms with van der Waals surface area (Å²) in [6.07, 6.45) is 0. The number of rotatable bonds is 4. The lowest BCUT2D eigenvalue weighted by molar-refractivity contribution is 0.666. The minimum atomic E-state index is -0.715. The molecule has 0 radical (unpaired) electrons. The molecule has 2 aromatic heterocycles. The largest absolute Gasteiger partial charge is 0.456 e. The van der Waals surface area contributed by atoms with E-state index in [2.05, 4.69) is 223 Å². The maximum absolute atomic E-state index is 6.75. The average Bonchev–Trinajstić information content (AvgIpc) is 3.99. The number of para-hydroxylation sites is 3. The molecule has 2 aliphatic carbocycles. The Balaban J connectivity index is 1.12. The Kier molecular flexibility index (Phi) is 7.32. The molecule has 0 saturated heterocycles. The fraction of sp³-hybridized carbons (Fsp3) is 0.0164. The Bertz CT molecular complexity index is 3870. The second-order valence-corrected chi connectivity index (χ2v) is 17.1. The molecule has 1 spiro atoms. The topological polar surface area (TPSA) is 29.5 Å². The van der Waals surface area contributed by atoms with Gasteiger partial charge >= 0.3 is 0 Å². The molecule has 12 aromatic rings. The summed E-state index contributed by atoms with van der Waals surface area (Å²) in [5, 5.41) is 4.47. The standard InChI is InChI=1S/C61H37NO2/c1-2-16-38(17-3-1)41-18-8-13-27-56(41)62(40-31-33-49-47-23-9-14-28-57(47)63-59(49)35-40)39-30-32-46-43-20-5-4-19-42(43)44-21-6-11-25-52(44)61(54(46)34-39)53-26-12-7-22-45(53)50-36-51-48-24-10-15-29-58(48)64-60(51)37-55(50)61/h1-37H. The molecule has 14 rings (SSSR count). The molecule has 3 heteroatoms. The van der Waals surface area contributed by atoms with Gasteiger partial charge in [-0.3, -0.25) is 0 Å². The summed E-state index contributed by atoms with van der Waals surface area (Å²) in [6.45, 7) is 0. The molecule has 2 aliphatic rings. The second kappa shape index (κ2) is 13.3. The van der Waals surface area contributed by atoms with Crippen LogP contribution in [0.4, 0.5) is 17.1 Å². The number of nitrogens with zero attached hydrogens (tertiary/aromatic N) is 1. The van der Waals surface area contributed by atoms with Crippen molar-refractivity contribution in [2.75, 3.05) is 4.90 Å². The van der Waals surface area contributed by atoms with Crippen molar-refractivity contribution in [1.29, 1.82) is 0 Å². The molecule has 0 aliphatic heterocycles. The SMILES string of the molecule is c1ccc(-c2ccccc2N(c2ccc3c(c2)C2(c4ccccc4-c4ccccc4-3)c3ccccc3-c3cc4c(cc32)oc2ccccc24)c2ccc3c(c2)oc2ccccc23)cc1. The molecular formula is C61H37NO2. The van der Waals surface area contributed by atoms with Gasteiger partial charge in [-0.1, -0.05) is 164 Å². The molecule has 0 N–H and O–H groups in total. The first kappa shape index (κ1) is 35.2. The van der Waals surface area contributed by atoms with E-state index in [0.29, 0.717) is 0 Å². The van der Waals surface area contributed by atoms with Gasteiger partial charge < -0.3 is 13.7 Å². The first-order valence-electron chi connectivity index (χ1n) is 22.0. The van der Waals surface area contributed by atoms with Crippen LogP contribution in [0.1, 0.15) is 22.3 Å². The van der Waals surface area contributed by atoms with E-state index in [1.165, 1.54) is 55.6 Å². The molecule has 0 fully saturated rings. The molecule has 2 heterocycles. The second-order valence-electron chi connectivity index (χ2n) is 17.1. The summed E-state index contributed by atoms with van der Waals surface area (Å²) in [6, 6.07) is 81.8. The van der Waals surface area contributed by atoms with Crippen LogP contribution >= 0.6 is 0 Å². The van der Waals surface area contributed by atoms with E-state index in [1.807, 2.05) is 6.07 Å². The monoisotopic (exact) mass is 815 g/mol. The van der Waals surface area contributed by atoms with Crippen LogP contribution in [0.2, 0.25) is 0 Å². The summed E-state index contributed by atoms with van der Waals surface area (Å²) >= 11 is 0. The highest BCUT2D eigenvalue weighted by atomic mass is 16.3. The smallest absolute Gasteiger partial charge is 0.137 e. The van der Waals surface area contributed by atoms with Gasteiger partial charge in [0.2, 0.25) is 0 Å². The minimum absolute atomic E-state index is 0.715. The molecule has 64 heavy (non-hydrogen) atoms. The zero-order valence-electron chi connectivity index (χ0n) is 34.6. The number of benzene rings is 10. The zero-order valence-corrected chi connectivity index (χ0v) is 34.6. The van der Waals surface area contributed by atoms with E-state index in [-0.39, 0.29) is 0 Å². The fourth-order valence-corrected chi connectivity index (χ4v) is 11.2.